The minimum atomic E-state index is -0.928. The maximum Gasteiger partial charge on any atom is 0.410 e. The van der Waals surface area contributed by atoms with Gasteiger partial charge in [-0.3, -0.25) is 0 Å². The van der Waals surface area contributed by atoms with Gasteiger partial charge in [-0.15, -0.1) is 0 Å². The number of piperidine rings is 2. The van der Waals surface area contributed by atoms with Gasteiger partial charge < -0.3 is 14.7 Å². The Morgan fingerprint density at radius 2 is 1.53 bits per heavy atom. The minimum Gasteiger partial charge on any atom is -0.448 e. The van der Waals surface area contributed by atoms with Gasteiger partial charge in [0, 0.05) is 24.4 Å². The van der Waals surface area contributed by atoms with Gasteiger partial charge in [0.05, 0.1) is 17.2 Å². The highest BCUT2D eigenvalue weighted by Crippen LogP contribution is 2.45. The van der Waals surface area contributed by atoms with Gasteiger partial charge in [-0.25, -0.2) is 4.79 Å². The number of hydrogen-bond donors (Lipinski definition) is 1. The van der Waals surface area contributed by atoms with Crippen molar-refractivity contribution >= 4 is 6.09 Å². The first-order chi connectivity index (χ1) is 17.6. The van der Waals surface area contributed by atoms with Crippen molar-refractivity contribution in [1.82, 2.24) is 4.90 Å². The Kier molecular flexibility index (Phi) is 5.78. The number of benzene rings is 3. The van der Waals surface area contributed by atoms with Crippen LogP contribution >= 0.6 is 0 Å². The van der Waals surface area contributed by atoms with Gasteiger partial charge in [0.1, 0.15) is 6.61 Å². The zero-order chi connectivity index (χ0) is 24.7. The van der Waals surface area contributed by atoms with Crippen molar-refractivity contribution in [3.8, 4) is 17.2 Å². The molecule has 0 radical (unpaired) electrons. The Morgan fingerprint density at radius 1 is 0.944 bits per heavy atom. The highest BCUT2D eigenvalue weighted by Gasteiger charge is 2.48. The van der Waals surface area contributed by atoms with Crippen LogP contribution in [0.1, 0.15) is 60.3 Å². The summed E-state index contributed by atoms with van der Waals surface area (Å²) in [6, 6.07) is 26.3. The normalized spacial score (nSPS) is 24.5. The van der Waals surface area contributed by atoms with Crippen molar-refractivity contribution in [2.75, 3.05) is 6.61 Å². The second-order valence-corrected chi connectivity index (χ2v) is 10.5. The molecule has 2 unspecified atom stereocenters. The lowest BCUT2D eigenvalue weighted by atomic mass is 9.73. The van der Waals surface area contributed by atoms with Gasteiger partial charge in [0.15, 0.2) is 0 Å². The zero-order valence-corrected chi connectivity index (χ0v) is 20.3. The maximum atomic E-state index is 13.4. The molecule has 2 saturated heterocycles. The third-order valence-corrected chi connectivity index (χ3v) is 8.30. The minimum absolute atomic E-state index is 0.0328. The number of aliphatic hydroxyl groups is 1. The number of nitrogens with zero attached hydrogens (tertiary/aromatic N) is 2. The molecular formula is C31H30N2O3. The lowest BCUT2D eigenvalue weighted by Crippen LogP contribution is -2.60. The van der Waals surface area contributed by atoms with E-state index in [0.717, 1.165) is 24.8 Å². The summed E-state index contributed by atoms with van der Waals surface area (Å²) in [5.74, 6) is 0.0328. The maximum absolute atomic E-state index is 13.4. The van der Waals surface area contributed by atoms with Crippen LogP contribution in [0.2, 0.25) is 0 Å². The molecule has 0 saturated carbocycles. The Balaban J connectivity index is 1.18. The predicted octanol–water partition coefficient (Wildman–Crippen LogP) is 5.80. The van der Waals surface area contributed by atoms with E-state index in [1.165, 1.54) is 22.3 Å². The summed E-state index contributed by atoms with van der Waals surface area (Å²) in [5, 5.41) is 21.1. The summed E-state index contributed by atoms with van der Waals surface area (Å²) in [5.41, 5.74) is 5.39. The lowest BCUT2D eigenvalue weighted by Gasteiger charge is -2.51. The molecular weight excluding hydrogens is 448 g/mol. The first kappa shape index (κ1) is 22.8. The fraction of sp³-hybridized carbons (Fsp3) is 0.355. The molecule has 2 aliphatic heterocycles. The van der Waals surface area contributed by atoms with Gasteiger partial charge in [-0.2, -0.15) is 5.26 Å². The topological polar surface area (TPSA) is 73.6 Å². The smallest absolute Gasteiger partial charge is 0.410 e. The number of carbonyl (C=O) groups is 1. The Morgan fingerprint density at radius 3 is 2.17 bits per heavy atom. The Labute approximate surface area is 211 Å². The Hall–Kier alpha value is -3.62. The molecule has 3 aromatic rings. The molecule has 1 amide bonds. The van der Waals surface area contributed by atoms with E-state index >= 15 is 0 Å². The van der Waals surface area contributed by atoms with E-state index in [9.17, 15) is 15.2 Å². The van der Waals surface area contributed by atoms with E-state index in [1.54, 1.807) is 6.07 Å². The highest BCUT2D eigenvalue weighted by atomic mass is 16.6. The lowest BCUT2D eigenvalue weighted by molar-refractivity contribution is -0.0840. The van der Waals surface area contributed by atoms with E-state index in [2.05, 4.69) is 42.5 Å². The predicted molar refractivity (Wildman–Crippen MR) is 137 cm³/mol. The first-order valence-corrected chi connectivity index (χ1v) is 12.9. The molecule has 2 atom stereocenters. The van der Waals surface area contributed by atoms with Crippen LogP contribution < -0.4 is 0 Å². The van der Waals surface area contributed by atoms with E-state index in [-0.39, 0.29) is 24.1 Å². The average Bonchev–Trinajstić information content (AvgIpc) is 3.20. The van der Waals surface area contributed by atoms with Gasteiger partial charge >= 0.3 is 6.09 Å². The van der Waals surface area contributed by atoms with Crippen molar-refractivity contribution in [2.24, 2.45) is 0 Å². The third-order valence-electron chi connectivity index (χ3n) is 8.30. The molecule has 5 nitrogen and oxygen atoms in total. The van der Waals surface area contributed by atoms with E-state index < -0.39 is 5.60 Å². The summed E-state index contributed by atoms with van der Waals surface area (Å²) in [6.45, 7) is 0.308. The van der Waals surface area contributed by atoms with Crippen LogP contribution in [-0.4, -0.2) is 40.4 Å². The fourth-order valence-corrected chi connectivity index (χ4v) is 6.78. The summed E-state index contributed by atoms with van der Waals surface area (Å²) in [7, 11) is 0. The standard InChI is InChI=1S/C31H30N2O3/c32-19-22-9-2-1-8-21(22)16-31(35)17-23-10-7-11-24(18-31)33(23)30(34)36-20-29-27-14-5-3-12-25(27)26-13-4-6-15-28(26)29/h1-6,8-9,12-15,23-24,29,35H,7,10-11,16-18,20H2. The molecule has 0 spiro atoms. The Bertz CT molecular complexity index is 1280. The van der Waals surface area contributed by atoms with Gasteiger partial charge in [0.25, 0.3) is 0 Å². The van der Waals surface area contributed by atoms with Crippen LogP contribution in [-0.2, 0) is 11.2 Å². The molecule has 1 aliphatic carbocycles. The number of amides is 1. The summed E-state index contributed by atoms with van der Waals surface area (Å²) < 4.78 is 6.00. The SMILES string of the molecule is N#Cc1ccccc1CC1(O)CC2CCCC(C1)N2C(=O)OCC1c2ccccc2-c2ccccc21. The van der Waals surface area contributed by atoms with Crippen molar-refractivity contribution in [3.05, 3.63) is 95.1 Å². The second-order valence-electron chi connectivity index (χ2n) is 10.5. The van der Waals surface area contributed by atoms with Crippen LogP contribution in [0.4, 0.5) is 4.79 Å². The van der Waals surface area contributed by atoms with E-state index in [0.29, 0.717) is 31.4 Å². The first-order valence-electron chi connectivity index (χ1n) is 12.9. The van der Waals surface area contributed by atoms with Crippen LogP contribution in [0.5, 0.6) is 0 Å². The zero-order valence-electron chi connectivity index (χ0n) is 20.3. The fourth-order valence-electron chi connectivity index (χ4n) is 6.78. The molecule has 2 fully saturated rings. The molecule has 0 aromatic heterocycles. The highest BCUT2D eigenvalue weighted by molar-refractivity contribution is 5.79. The molecule has 2 heterocycles. The number of nitriles is 1. The van der Waals surface area contributed by atoms with Crippen LogP contribution in [0, 0.1) is 11.3 Å². The number of fused-ring (bicyclic) bond motifs is 5. The number of ether oxygens (including phenoxy) is 1. The average molecular weight is 479 g/mol. The van der Waals surface area contributed by atoms with Gasteiger partial charge in [-0.05, 0) is 66.0 Å². The molecule has 5 heteroatoms. The molecule has 3 aromatic carbocycles. The summed E-state index contributed by atoms with van der Waals surface area (Å²) in [6.07, 6.45) is 3.95. The van der Waals surface area contributed by atoms with Crippen molar-refractivity contribution in [3.63, 3.8) is 0 Å². The van der Waals surface area contributed by atoms with Gasteiger partial charge in [-0.1, -0.05) is 66.7 Å². The van der Waals surface area contributed by atoms with Crippen molar-refractivity contribution < 1.29 is 14.6 Å². The van der Waals surface area contributed by atoms with E-state index in [4.69, 9.17) is 4.74 Å². The van der Waals surface area contributed by atoms with Crippen LogP contribution in [0.15, 0.2) is 72.8 Å². The number of hydrogen-bond acceptors (Lipinski definition) is 4. The molecule has 3 aliphatic rings. The molecule has 182 valence electrons. The molecule has 2 bridgehead atoms. The number of carbonyl (C=O) groups excluding carboxylic acids is 1. The third kappa shape index (κ3) is 3.96. The largest absolute Gasteiger partial charge is 0.448 e. The number of rotatable bonds is 4. The van der Waals surface area contributed by atoms with Crippen LogP contribution in [0.3, 0.4) is 0 Å². The molecule has 1 N–H and O–H groups in total. The van der Waals surface area contributed by atoms with Crippen LogP contribution in [0.25, 0.3) is 11.1 Å². The second kappa shape index (κ2) is 9.11. The van der Waals surface area contributed by atoms with Gasteiger partial charge in [0.2, 0.25) is 0 Å². The van der Waals surface area contributed by atoms with Crippen molar-refractivity contribution in [2.45, 2.75) is 62.1 Å². The summed E-state index contributed by atoms with van der Waals surface area (Å²) >= 11 is 0. The molecule has 36 heavy (non-hydrogen) atoms. The monoisotopic (exact) mass is 478 g/mol. The van der Waals surface area contributed by atoms with Crippen molar-refractivity contribution in [1.29, 1.82) is 5.26 Å². The molecule has 6 rings (SSSR count). The quantitative estimate of drug-likeness (QED) is 0.515. The summed E-state index contributed by atoms with van der Waals surface area (Å²) in [4.78, 5) is 15.3. The van der Waals surface area contributed by atoms with E-state index in [1.807, 2.05) is 35.2 Å².